The van der Waals surface area contributed by atoms with Crippen LogP contribution >= 0.6 is 0 Å². The van der Waals surface area contributed by atoms with Crippen LogP contribution in [-0.4, -0.2) is 71.3 Å². The van der Waals surface area contributed by atoms with E-state index >= 15 is 0 Å². The molecule has 0 aliphatic carbocycles. The van der Waals surface area contributed by atoms with Crippen molar-refractivity contribution in [3.8, 4) is 0 Å². The first-order valence-electron chi connectivity index (χ1n) is 14.0. The van der Waals surface area contributed by atoms with Gasteiger partial charge < -0.3 is 24.4 Å². The molecule has 3 heterocycles. The molecule has 1 N–H and O–H groups in total. The van der Waals surface area contributed by atoms with Crippen molar-refractivity contribution < 1.29 is 29.0 Å². The van der Waals surface area contributed by atoms with Gasteiger partial charge in [-0.2, -0.15) is 0 Å². The Labute approximate surface area is 231 Å². The summed E-state index contributed by atoms with van der Waals surface area (Å²) in [6.45, 7) is 16.1. The molecule has 39 heavy (non-hydrogen) atoms. The first-order chi connectivity index (χ1) is 18.6. The quantitative estimate of drug-likeness (QED) is 0.248. The Hall–Kier alpha value is -2.97. The predicted molar refractivity (Wildman–Crippen MR) is 149 cm³/mol. The summed E-state index contributed by atoms with van der Waals surface area (Å²) < 4.78 is 12.4. The van der Waals surface area contributed by atoms with Gasteiger partial charge in [-0.1, -0.05) is 37.3 Å². The third-order valence-electron chi connectivity index (χ3n) is 8.96. The van der Waals surface area contributed by atoms with E-state index in [1.165, 1.54) is 0 Å². The second-order valence-corrected chi connectivity index (χ2v) is 11.4. The van der Waals surface area contributed by atoms with Crippen LogP contribution in [0.5, 0.6) is 0 Å². The van der Waals surface area contributed by atoms with Crippen LogP contribution in [0.4, 0.5) is 5.69 Å². The first kappa shape index (κ1) is 29.0. The fourth-order valence-electron chi connectivity index (χ4n) is 7.14. The SMILES string of the molecule is C=CCCOC(=O)[C@H]1[C@H]2C(=O)N(CCCCO)C(C(=O)N(CC=C)c3c(C)cccc3C)C23CC(C)[C@]1(C)O3. The lowest BCUT2D eigenvalue weighted by molar-refractivity contribution is -0.161. The Morgan fingerprint density at radius 2 is 1.92 bits per heavy atom. The molecule has 6 atom stereocenters. The largest absolute Gasteiger partial charge is 0.465 e. The summed E-state index contributed by atoms with van der Waals surface area (Å²) in [6, 6.07) is 4.96. The summed E-state index contributed by atoms with van der Waals surface area (Å²) in [4.78, 5) is 45.7. The highest BCUT2D eigenvalue weighted by Crippen LogP contribution is 2.65. The van der Waals surface area contributed by atoms with E-state index in [2.05, 4.69) is 13.2 Å². The second-order valence-electron chi connectivity index (χ2n) is 11.4. The van der Waals surface area contributed by atoms with Crippen molar-refractivity contribution in [1.29, 1.82) is 0 Å². The normalized spacial score (nSPS) is 30.8. The zero-order valence-electron chi connectivity index (χ0n) is 23.7. The van der Waals surface area contributed by atoms with Crippen molar-refractivity contribution in [3.63, 3.8) is 0 Å². The van der Waals surface area contributed by atoms with E-state index in [0.29, 0.717) is 25.7 Å². The summed E-state index contributed by atoms with van der Waals surface area (Å²) in [5.41, 5.74) is 0.590. The zero-order chi connectivity index (χ0) is 28.5. The van der Waals surface area contributed by atoms with Crippen molar-refractivity contribution in [1.82, 2.24) is 4.90 Å². The van der Waals surface area contributed by atoms with Gasteiger partial charge in [0.2, 0.25) is 5.91 Å². The van der Waals surface area contributed by atoms with Crippen LogP contribution in [-0.2, 0) is 23.9 Å². The van der Waals surface area contributed by atoms with Gasteiger partial charge in [0.05, 0.1) is 18.1 Å². The maximum atomic E-state index is 14.7. The Bertz CT molecular complexity index is 1130. The predicted octanol–water partition coefficient (Wildman–Crippen LogP) is 3.72. The fourth-order valence-corrected chi connectivity index (χ4v) is 7.14. The molecule has 1 aromatic carbocycles. The van der Waals surface area contributed by atoms with Gasteiger partial charge in [-0.3, -0.25) is 14.4 Å². The number of anilines is 1. The van der Waals surface area contributed by atoms with Crippen LogP contribution in [0.1, 0.15) is 50.7 Å². The maximum absolute atomic E-state index is 14.7. The number of rotatable bonds is 12. The van der Waals surface area contributed by atoms with Gasteiger partial charge in [-0.15, -0.1) is 13.2 Å². The lowest BCUT2D eigenvalue weighted by Gasteiger charge is -2.38. The number of carbonyl (C=O) groups is 3. The second kappa shape index (κ2) is 11.3. The number of fused-ring (bicyclic) bond motifs is 1. The van der Waals surface area contributed by atoms with Crippen molar-refractivity contribution in [2.75, 3.05) is 31.2 Å². The van der Waals surface area contributed by atoms with Gasteiger partial charge in [0.15, 0.2) is 0 Å². The number of aliphatic hydroxyl groups is 1. The van der Waals surface area contributed by atoms with E-state index in [-0.39, 0.29) is 44.0 Å². The monoisotopic (exact) mass is 538 g/mol. The number of hydrogen-bond donors (Lipinski definition) is 1. The number of esters is 1. The molecule has 0 radical (unpaired) electrons. The highest BCUT2D eigenvalue weighted by Gasteiger charge is 2.80. The van der Waals surface area contributed by atoms with Gasteiger partial charge in [0.25, 0.3) is 5.91 Å². The number of likely N-dealkylation sites (tertiary alicyclic amines) is 1. The van der Waals surface area contributed by atoms with E-state index in [1.54, 1.807) is 22.0 Å². The number of hydrogen-bond acceptors (Lipinski definition) is 6. The molecule has 8 nitrogen and oxygen atoms in total. The number of benzene rings is 1. The third-order valence-corrected chi connectivity index (χ3v) is 8.96. The molecular weight excluding hydrogens is 496 g/mol. The lowest BCUT2D eigenvalue weighted by Crippen LogP contribution is -2.57. The average Bonchev–Trinajstić information content (AvgIpc) is 3.40. The van der Waals surface area contributed by atoms with Crippen LogP contribution in [0, 0.1) is 31.6 Å². The maximum Gasteiger partial charge on any atom is 0.312 e. The number of para-hydroxylation sites is 1. The minimum absolute atomic E-state index is 0.00985. The highest BCUT2D eigenvalue weighted by atomic mass is 16.6. The molecule has 2 bridgehead atoms. The molecule has 3 aliphatic rings. The fraction of sp³-hybridized carbons (Fsp3) is 0.581. The molecule has 0 saturated carbocycles. The molecule has 0 aromatic heterocycles. The summed E-state index contributed by atoms with van der Waals surface area (Å²) in [7, 11) is 0. The van der Waals surface area contributed by atoms with Crippen molar-refractivity contribution in [2.24, 2.45) is 17.8 Å². The molecule has 4 rings (SSSR count). The highest BCUT2D eigenvalue weighted by molar-refractivity contribution is 6.05. The van der Waals surface area contributed by atoms with E-state index in [9.17, 15) is 19.5 Å². The summed E-state index contributed by atoms with van der Waals surface area (Å²) in [6.07, 6.45) is 5.38. The van der Waals surface area contributed by atoms with E-state index in [4.69, 9.17) is 9.47 Å². The molecule has 3 unspecified atom stereocenters. The van der Waals surface area contributed by atoms with E-state index in [1.807, 2.05) is 45.9 Å². The molecule has 3 fully saturated rings. The Morgan fingerprint density at radius 1 is 1.23 bits per heavy atom. The number of unbranched alkanes of at least 4 members (excludes halogenated alkanes) is 1. The topological polar surface area (TPSA) is 96.4 Å². The van der Waals surface area contributed by atoms with Gasteiger partial charge >= 0.3 is 5.97 Å². The number of carbonyl (C=O) groups excluding carboxylic acids is 3. The number of aliphatic hydroxyl groups excluding tert-OH is 1. The standard InChI is InChI=1S/C31H42N2O6/c1-7-9-18-38-29(37)24-23-27(35)33(16-10-11-17-34)26(31(23)19-22(5)30(24,6)39-31)28(36)32(15-8-2)25-20(3)13-12-14-21(25)4/h7-8,12-14,22-24,26,34H,1-2,9-11,15-19H2,3-6H3/t22?,23-,24+,26?,30-,31?/m0/s1. The van der Waals surface area contributed by atoms with Crippen LogP contribution in [0.2, 0.25) is 0 Å². The van der Waals surface area contributed by atoms with Crippen LogP contribution in [0.15, 0.2) is 43.5 Å². The zero-order valence-corrected chi connectivity index (χ0v) is 23.7. The summed E-state index contributed by atoms with van der Waals surface area (Å²) in [5, 5.41) is 9.42. The van der Waals surface area contributed by atoms with Crippen LogP contribution in [0.3, 0.4) is 0 Å². The number of nitrogens with zero attached hydrogens (tertiary/aromatic N) is 2. The van der Waals surface area contributed by atoms with Gasteiger partial charge in [0.1, 0.15) is 17.6 Å². The average molecular weight is 539 g/mol. The first-order valence-corrected chi connectivity index (χ1v) is 14.0. The molecule has 8 heteroatoms. The number of amides is 2. The van der Waals surface area contributed by atoms with E-state index in [0.717, 1.165) is 16.8 Å². The Kier molecular flexibility index (Phi) is 8.38. The van der Waals surface area contributed by atoms with Gasteiger partial charge in [-0.05, 0) is 63.5 Å². The molecule has 1 spiro atoms. The van der Waals surface area contributed by atoms with Crippen LogP contribution in [0.25, 0.3) is 0 Å². The minimum atomic E-state index is -1.15. The van der Waals surface area contributed by atoms with Crippen LogP contribution < -0.4 is 4.90 Å². The number of aryl methyl sites for hydroxylation is 2. The van der Waals surface area contributed by atoms with Crippen molar-refractivity contribution >= 4 is 23.5 Å². The molecule has 1 aromatic rings. The molecule has 212 valence electrons. The third kappa shape index (κ3) is 4.61. The number of ether oxygens (including phenoxy) is 2. The Balaban J connectivity index is 1.81. The van der Waals surface area contributed by atoms with Crippen molar-refractivity contribution in [3.05, 3.63) is 54.6 Å². The van der Waals surface area contributed by atoms with Gasteiger partial charge in [0, 0.05) is 25.4 Å². The summed E-state index contributed by atoms with van der Waals surface area (Å²) >= 11 is 0. The molecule has 3 aliphatic heterocycles. The van der Waals surface area contributed by atoms with Crippen molar-refractivity contribution in [2.45, 2.75) is 70.6 Å². The minimum Gasteiger partial charge on any atom is -0.465 e. The molecular formula is C31H42N2O6. The van der Waals surface area contributed by atoms with Gasteiger partial charge in [-0.25, -0.2) is 0 Å². The van der Waals surface area contributed by atoms with E-state index < -0.39 is 35.0 Å². The molecule has 2 amide bonds. The summed E-state index contributed by atoms with van der Waals surface area (Å²) in [5.74, 6) is -2.67. The molecule has 3 saturated heterocycles. The lowest BCUT2D eigenvalue weighted by atomic mass is 9.62. The smallest absolute Gasteiger partial charge is 0.312 e. The Morgan fingerprint density at radius 3 is 2.54 bits per heavy atom.